The fourth-order valence-electron chi connectivity index (χ4n) is 3.34. The van der Waals surface area contributed by atoms with Crippen LogP contribution in [-0.4, -0.2) is 38.7 Å². The highest BCUT2D eigenvalue weighted by atomic mass is 16.2. The van der Waals surface area contributed by atoms with E-state index in [0.717, 1.165) is 35.7 Å². The van der Waals surface area contributed by atoms with Crippen LogP contribution in [0.15, 0.2) is 61.1 Å². The summed E-state index contributed by atoms with van der Waals surface area (Å²) in [6.45, 7) is 3.06. The van der Waals surface area contributed by atoms with Gasteiger partial charge in [0.1, 0.15) is 0 Å². The molecule has 0 bridgehead atoms. The van der Waals surface area contributed by atoms with Gasteiger partial charge in [0, 0.05) is 55.3 Å². The highest BCUT2D eigenvalue weighted by Crippen LogP contribution is 2.31. The maximum absolute atomic E-state index is 12.8. The lowest BCUT2D eigenvalue weighted by molar-refractivity contribution is 0.0743. The molecule has 1 fully saturated rings. The Morgan fingerprint density at radius 3 is 2.64 bits per heavy atom. The minimum Gasteiger partial charge on any atom is -0.339 e. The lowest BCUT2D eigenvalue weighted by Gasteiger charge is -2.25. The summed E-state index contributed by atoms with van der Waals surface area (Å²) >= 11 is 0. The number of rotatable bonds is 7. The van der Waals surface area contributed by atoms with Crippen molar-refractivity contribution in [3.05, 3.63) is 72.3 Å². The summed E-state index contributed by atoms with van der Waals surface area (Å²) in [7, 11) is 1.85. The Morgan fingerprint density at radius 1 is 1.18 bits per heavy atom. The van der Waals surface area contributed by atoms with Crippen LogP contribution in [0.25, 0.3) is 11.1 Å². The van der Waals surface area contributed by atoms with Gasteiger partial charge in [-0.1, -0.05) is 18.2 Å². The van der Waals surface area contributed by atoms with Crippen LogP contribution >= 0.6 is 0 Å². The highest BCUT2D eigenvalue weighted by molar-refractivity contribution is 5.94. The smallest absolute Gasteiger partial charge is 0.253 e. The van der Waals surface area contributed by atoms with E-state index < -0.39 is 0 Å². The van der Waals surface area contributed by atoms with Gasteiger partial charge in [0.2, 0.25) is 0 Å². The minimum absolute atomic E-state index is 0.0272. The Hall–Kier alpha value is -2.95. The quantitative estimate of drug-likeness (QED) is 0.627. The first-order chi connectivity index (χ1) is 13.6. The van der Waals surface area contributed by atoms with Gasteiger partial charge in [0.15, 0.2) is 0 Å². The first-order valence-corrected chi connectivity index (χ1v) is 9.90. The van der Waals surface area contributed by atoms with Crippen molar-refractivity contribution < 1.29 is 4.79 Å². The number of hydrogen-bond acceptors (Lipinski definition) is 3. The van der Waals surface area contributed by atoms with Gasteiger partial charge in [-0.15, -0.1) is 0 Å². The molecule has 2 aromatic heterocycles. The molecule has 1 aliphatic rings. The van der Waals surface area contributed by atoms with Crippen LogP contribution in [0.1, 0.15) is 35.8 Å². The van der Waals surface area contributed by atoms with Crippen LogP contribution in [-0.2, 0) is 13.0 Å². The average Bonchev–Trinajstić information content (AvgIpc) is 3.42. The molecule has 1 atom stereocenters. The molecule has 0 aliphatic heterocycles. The molecule has 1 amide bonds. The number of nitrogens with zero attached hydrogens (tertiary/aromatic N) is 4. The first kappa shape index (κ1) is 18.4. The Bertz CT molecular complexity index is 929. The largest absolute Gasteiger partial charge is 0.339 e. The van der Waals surface area contributed by atoms with E-state index in [4.69, 9.17) is 0 Å². The van der Waals surface area contributed by atoms with E-state index in [9.17, 15) is 4.79 Å². The van der Waals surface area contributed by atoms with E-state index in [1.54, 1.807) is 11.1 Å². The second-order valence-corrected chi connectivity index (χ2v) is 7.76. The van der Waals surface area contributed by atoms with Gasteiger partial charge < -0.3 is 4.90 Å². The predicted molar refractivity (Wildman–Crippen MR) is 110 cm³/mol. The number of hydrogen-bond donors (Lipinski definition) is 0. The van der Waals surface area contributed by atoms with Crippen LogP contribution in [0.3, 0.4) is 0 Å². The maximum Gasteiger partial charge on any atom is 0.253 e. The Kier molecular flexibility index (Phi) is 5.24. The second kappa shape index (κ2) is 7.97. The average molecular weight is 374 g/mol. The predicted octanol–water partition coefficient (Wildman–Crippen LogP) is 4.06. The standard InChI is InChI=1S/C23H26N4O/c1-17(13-22-5-3-4-12-24-22)26(2)23(28)20-10-8-19(9-11-20)21-14-25-27(16-21)15-18-6-7-18/h3-5,8-12,14,16-18H,6-7,13,15H2,1-2H3/t17-/m1/s1. The third-order valence-electron chi connectivity index (χ3n) is 5.45. The summed E-state index contributed by atoms with van der Waals surface area (Å²) in [5, 5.41) is 4.46. The van der Waals surface area contributed by atoms with E-state index in [-0.39, 0.29) is 11.9 Å². The van der Waals surface area contributed by atoms with Crippen molar-refractivity contribution in [3.63, 3.8) is 0 Å². The molecule has 0 spiro atoms. The van der Waals surface area contributed by atoms with Gasteiger partial charge >= 0.3 is 0 Å². The lowest BCUT2D eigenvalue weighted by Crippen LogP contribution is -2.36. The Morgan fingerprint density at radius 2 is 1.96 bits per heavy atom. The molecule has 1 aromatic carbocycles. The fourth-order valence-corrected chi connectivity index (χ4v) is 3.34. The molecule has 2 heterocycles. The summed E-state index contributed by atoms with van der Waals surface area (Å²) in [6.07, 6.45) is 9.16. The molecular weight excluding hydrogens is 348 g/mol. The van der Waals surface area contributed by atoms with Gasteiger partial charge in [0.25, 0.3) is 5.91 Å². The number of aromatic nitrogens is 3. The van der Waals surface area contributed by atoms with E-state index >= 15 is 0 Å². The van der Waals surface area contributed by atoms with Crippen LogP contribution in [0.2, 0.25) is 0 Å². The van der Waals surface area contributed by atoms with Crippen LogP contribution in [0, 0.1) is 5.92 Å². The number of carbonyl (C=O) groups excluding carboxylic acids is 1. The zero-order valence-corrected chi connectivity index (χ0v) is 16.5. The number of amides is 1. The SMILES string of the molecule is C[C@H](Cc1ccccn1)N(C)C(=O)c1ccc(-c2cnn(CC3CC3)c2)cc1. The van der Waals surface area contributed by atoms with Gasteiger partial charge in [-0.05, 0) is 55.5 Å². The fraction of sp³-hybridized carbons (Fsp3) is 0.348. The highest BCUT2D eigenvalue weighted by Gasteiger charge is 2.22. The third-order valence-corrected chi connectivity index (χ3v) is 5.45. The van der Waals surface area contributed by atoms with Crippen LogP contribution in [0.4, 0.5) is 0 Å². The molecule has 0 unspecified atom stereocenters. The van der Waals surface area contributed by atoms with E-state index in [1.165, 1.54) is 12.8 Å². The van der Waals surface area contributed by atoms with Crippen molar-refractivity contribution in [2.45, 2.75) is 38.8 Å². The van der Waals surface area contributed by atoms with Crippen molar-refractivity contribution in [2.75, 3.05) is 7.05 Å². The molecule has 5 heteroatoms. The molecule has 144 valence electrons. The zero-order valence-electron chi connectivity index (χ0n) is 16.5. The zero-order chi connectivity index (χ0) is 19.5. The Labute approximate surface area is 166 Å². The first-order valence-electron chi connectivity index (χ1n) is 9.90. The van der Waals surface area contributed by atoms with Crippen molar-refractivity contribution in [1.29, 1.82) is 0 Å². The second-order valence-electron chi connectivity index (χ2n) is 7.76. The summed E-state index contributed by atoms with van der Waals surface area (Å²) in [4.78, 5) is 19.0. The molecule has 5 nitrogen and oxygen atoms in total. The maximum atomic E-state index is 12.8. The molecular formula is C23H26N4O. The molecule has 0 radical (unpaired) electrons. The van der Waals surface area contributed by atoms with Crippen molar-refractivity contribution >= 4 is 5.91 Å². The van der Waals surface area contributed by atoms with Crippen LogP contribution in [0.5, 0.6) is 0 Å². The number of likely N-dealkylation sites (N-methyl/N-ethyl adjacent to an activating group) is 1. The van der Waals surface area contributed by atoms with Crippen molar-refractivity contribution in [1.82, 2.24) is 19.7 Å². The number of benzene rings is 1. The summed E-state index contributed by atoms with van der Waals surface area (Å²) < 4.78 is 2.03. The molecule has 1 aliphatic carbocycles. The van der Waals surface area contributed by atoms with Gasteiger partial charge in [-0.25, -0.2) is 0 Å². The molecule has 4 rings (SSSR count). The topological polar surface area (TPSA) is 51.0 Å². The Balaban J connectivity index is 1.40. The van der Waals surface area contributed by atoms with Crippen LogP contribution < -0.4 is 0 Å². The summed E-state index contributed by atoms with van der Waals surface area (Å²) in [6, 6.07) is 13.8. The summed E-state index contributed by atoms with van der Waals surface area (Å²) in [5.41, 5.74) is 3.87. The number of carbonyl (C=O) groups is 1. The van der Waals surface area contributed by atoms with E-state index in [2.05, 4.69) is 23.2 Å². The third kappa shape index (κ3) is 4.30. The molecule has 28 heavy (non-hydrogen) atoms. The number of pyridine rings is 1. The van der Waals surface area contributed by atoms with E-state index in [1.807, 2.05) is 60.4 Å². The normalized spacial score (nSPS) is 14.6. The molecule has 0 N–H and O–H groups in total. The summed E-state index contributed by atoms with van der Waals surface area (Å²) in [5.74, 6) is 0.829. The molecule has 3 aromatic rings. The monoisotopic (exact) mass is 374 g/mol. The lowest BCUT2D eigenvalue weighted by atomic mass is 10.1. The van der Waals surface area contributed by atoms with Gasteiger partial charge in [-0.3, -0.25) is 14.5 Å². The van der Waals surface area contributed by atoms with Gasteiger partial charge in [-0.2, -0.15) is 5.10 Å². The molecule has 0 saturated heterocycles. The van der Waals surface area contributed by atoms with E-state index in [0.29, 0.717) is 5.56 Å². The molecule has 1 saturated carbocycles. The van der Waals surface area contributed by atoms with Crippen molar-refractivity contribution in [2.24, 2.45) is 5.92 Å². The van der Waals surface area contributed by atoms with Crippen molar-refractivity contribution in [3.8, 4) is 11.1 Å². The minimum atomic E-state index is 0.0272. The van der Waals surface area contributed by atoms with Gasteiger partial charge in [0.05, 0.1) is 6.20 Å².